The van der Waals surface area contributed by atoms with Crippen LogP contribution in [0, 0.1) is 0 Å². The zero-order valence-corrected chi connectivity index (χ0v) is 12.5. The number of aromatic nitrogens is 2. The topological polar surface area (TPSA) is 84.1 Å². The van der Waals surface area contributed by atoms with Crippen molar-refractivity contribution in [2.24, 2.45) is 0 Å². The second-order valence-corrected chi connectivity index (χ2v) is 5.45. The van der Waals surface area contributed by atoms with E-state index in [9.17, 15) is 4.79 Å². The fraction of sp³-hybridized carbons (Fsp3) is 0.312. The van der Waals surface area contributed by atoms with Crippen molar-refractivity contribution in [1.29, 1.82) is 0 Å². The van der Waals surface area contributed by atoms with Crippen LogP contribution in [0.5, 0.6) is 0 Å². The van der Waals surface area contributed by atoms with Gasteiger partial charge in [0.1, 0.15) is 17.3 Å². The van der Waals surface area contributed by atoms with Crippen LogP contribution in [0.25, 0.3) is 0 Å². The van der Waals surface area contributed by atoms with E-state index in [0.717, 1.165) is 25.5 Å². The molecule has 0 aromatic carbocycles. The Labute approximate surface area is 129 Å². The summed E-state index contributed by atoms with van der Waals surface area (Å²) in [6, 6.07) is 9.28. The molecular weight excluding hydrogens is 278 g/mol. The molecule has 1 saturated heterocycles. The predicted molar refractivity (Wildman–Crippen MR) is 86.0 cm³/mol. The first kappa shape index (κ1) is 14.5. The Hall–Kier alpha value is -2.47. The third kappa shape index (κ3) is 2.92. The maximum atomic E-state index is 12.6. The molecule has 6 nitrogen and oxygen atoms in total. The largest absolute Gasteiger partial charge is 0.383 e. The van der Waals surface area contributed by atoms with Crippen LogP contribution in [-0.4, -0.2) is 41.4 Å². The van der Waals surface area contributed by atoms with Crippen molar-refractivity contribution < 1.29 is 4.79 Å². The van der Waals surface area contributed by atoms with E-state index in [-0.39, 0.29) is 11.6 Å². The van der Waals surface area contributed by atoms with Crippen LogP contribution in [-0.2, 0) is 0 Å². The number of carbonyl (C=O) groups is 1. The molecule has 2 aromatic rings. The molecule has 0 aliphatic carbocycles. The van der Waals surface area contributed by atoms with Gasteiger partial charge in [0, 0.05) is 31.9 Å². The van der Waals surface area contributed by atoms with Crippen LogP contribution < -0.4 is 16.0 Å². The maximum Gasteiger partial charge on any atom is 0.215 e. The van der Waals surface area contributed by atoms with Crippen molar-refractivity contribution in [3.63, 3.8) is 0 Å². The number of hydrogen-bond donors (Lipinski definition) is 2. The lowest BCUT2D eigenvalue weighted by Gasteiger charge is -2.32. The number of rotatable bonds is 3. The molecule has 0 radical (unpaired) electrons. The predicted octanol–water partition coefficient (Wildman–Crippen LogP) is 1.09. The Kier molecular flexibility index (Phi) is 4.02. The molecule has 3 heterocycles. The average molecular weight is 297 g/mol. The van der Waals surface area contributed by atoms with E-state index < -0.39 is 0 Å². The number of piperazine rings is 1. The van der Waals surface area contributed by atoms with Gasteiger partial charge in [0.2, 0.25) is 5.78 Å². The van der Waals surface area contributed by atoms with Crippen LogP contribution >= 0.6 is 0 Å². The lowest BCUT2D eigenvalue weighted by atomic mass is 10.1. The molecule has 2 aromatic heterocycles. The highest BCUT2D eigenvalue weighted by Gasteiger charge is 2.19. The highest BCUT2D eigenvalue weighted by molar-refractivity contribution is 6.10. The Morgan fingerprint density at radius 3 is 3.00 bits per heavy atom. The van der Waals surface area contributed by atoms with Crippen LogP contribution in [0.3, 0.4) is 0 Å². The minimum atomic E-state index is -0.198. The van der Waals surface area contributed by atoms with Gasteiger partial charge < -0.3 is 16.0 Å². The number of ketones is 1. The molecule has 0 bridgehead atoms. The zero-order chi connectivity index (χ0) is 15.5. The number of nitrogen functional groups attached to an aromatic ring is 1. The van der Waals surface area contributed by atoms with Crippen molar-refractivity contribution in [2.45, 2.75) is 13.0 Å². The molecule has 0 saturated carbocycles. The third-order valence-electron chi connectivity index (χ3n) is 3.74. The standard InChI is InChI=1S/C16H19N5O/c1-11-10-21(9-8-18-11)14-6-2-5-13(20-14)15(22)12-4-3-7-19-16(12)17/h2-7,11,18H,8-10H2,1H3,(H2,17,19)/t11-/m0/s1. The monoisotopic (exact) mass is 297 g/mol. The smallest absolute Gasteiger partial charge is 0.215 e. The highest BCUT2D eigenvalue weighted by atomic mass is 16.1. The molecule has 1 fully saturated rings. The van der Waals surface area contributed by atoms with E-state index >= 15 is 0 Å². The minimum absolute atomic E-state index is 0.198. The van der Waals surface area contributed by atoms with Gasteiger partial charge in [-0.1, -0.05) is 6.07 Å². The van der Waals surface area contributed by atoms with E-state index in [1.807, 2.05) is 12.1 Å². The summed E-state index contributed by atoms with van der Waals surface area (Å²) in [4.78, 5) is 23.2. The Morgan fingerprint density at radius 1 is 1.36 bits per heavy atom. The molecule has 114 valence electrons. The van der Waals surface area contributed by atoms with Crippen molar-refractivity contribution in [3.05, 3.63) is 47.8 Å². The summed E-state index contributed by atoms with van der Waals surface area (Å²) in [5.74, 6) is 0.854. The SMILES string of the molecule is C[C@H]1CN(c2cccc(C(=O)c3cccnc3N)n2)CCN1. The van der Waals surface area contributed by atoms with Gasteiger partial charge in [-0.3, -0.25) is 4.79 Å². The van der Waals surface area contributed by atoms with Crippen LogP contribution in [0.2, 0.25) is 0 Å². The zero-order valence-electron chi connectivity index (χ0n) is 12.5. The van der Waals surface area contributed by atoms with Gasteiger partial charge in [0.25, 0.3) is 0 Å². The number of pyridine rings is 2. The molecule has 0 spiro atoms. The van der Waals surface area contributed by atoms with Gasteiger partial charge in [0.15, 0.2) is 0 Å². The van der Waals surface area contributed by atoms with Crippen molar-refractivity contribution in [2.75, 3.05) is 30.3 Å². The lowest BCUT2D eigenvalue weighted by Crippen LogP contribution is -2.49. The lowest BCUT2D eigenvalue weighted by molar-refractivity contribution is 0.103. The average Bonchev–Trinajstić information content (AvgIpc) is 2.55. The number of nitrogens with one attached hydrogen (secondary N) is 1. The summed E-state index contributed by atoms with van der Waals surface area (Å²) >= 11 is 0. The fourth-order valence-corrected chi connectivity index (χ4v) is 2.61. The van der Waals surface area contributed by atoms with Gasteiger partial charge >= 0.3 is 0 Å². The molecule has 22 heavy (non-hydrogen) atoms. The van der Waals surface area contributed by atoms with E-state index in [0.29, 0.717) is 17.3 Å². The van der Waals surface area contributed by atoms with Crippen LogP contribution in [0.15, 0.2) is 36.5 Å². The van der Waals surface area contributed by atoms with Crippen LogP contribution in [0.1, 0.15) is 23.0 Å². The first-order valence-corrected chi connectivity index (χ1v) is 7.36. The molecule has 1 atom stereocenters. The molecular formula is C16H19N5O. The summed E-state index contributed by atoms with van der Waals surface area (Å²) in [6.45, 7) is 4.80. The summed E-state index contributed by atoms with van der Waals surface area (Å²) < 4.78 is 0. The molecule has 0 unspecified atom stereocenters. The first-order valence-electron chi connectivity index (χ1n) is 7.36. The fourth-order valence-electron chi connectivity index (χ4n) is 2.61. The van der Waals surface area contributed by atoms with E-state index in [1.165, 1.54) is 0 Å². The highest BCUT2D eigenvalue weighted by Crippen LogP contribution is 2.17. The Morgan fingerprint density at radius 2 is 2.23 bits per heavy atom. The number of carbonyl (C=O) groups excluding carboxylic acids is 1. The van der Waals surface area contributed by atoms with Crippen molar-refractivity contribution >= 4 is 17.4 Å². The summed E-state index contributed by atoms with van der Waals surface area (Å²) in [7, 11) is 0. The number of nitrogens with zero attached hydrogens (tertiary/aromatic N) is 3. The van der Waals surface area contributed by atoms with Gasteiger partial charge in [-0.15, -0.1) is 0 Å². The molecule has 1 aliphatic heterocycles. The third-order valence-corrected chi connectivity index (χ3v) is 3.74. The second kappa shape index (κ2) is 6.11. The van der Waals surface area contributed by atoms with E-state index in [4.69, 9.17) is 5.73 Å². The summed E-state index contributed by atoms with van der Waals surface area (Å²) in [6.07, 6.45) is 1.57. The molecule has 3 N–H and O–H groups in total. The van der Waals surface area contributed by atoms with Crippen LogP contribution in [0.4, 0.5) is 11.6 Å². The number of nitrogens with two attached hydrogens (primary N) is 1. The molecule has 6 heteroatoms. The van der Waals surface area contributed by atoms with Gasteiger partial charge in [-0.05, 0) is 31.2 Å². The maximum absolute atomic E-state index is 12.6. The number of anilines is 2. The van der Waals surface area contributed by atoms with Gasteiger partial charge in [-0.2, -0.15) is 0 Å². The normalized spacial score (nSPS) is 18.2. The summed E-state index contributed by atoms with van der Waals surface area (Å²) in [5.41, 5.74) is 6.56. The Balaban J connectivity index is 1.88. The number of hydrogen-bond acceptors (Lipinski definition) is 6. The first-order chi connectivity index (χ1) is 10.6. The van der Waals surface area contributed by atoms with E-state index in [2.05, 4.69) is 27.1 Å². The molecule has 3 rings (SSSR count). The van der Waals surface area contributed by atoms with E-state index in [1.54, 1.807) is 24.4 Å². The van der Waals surface area contributed by atoms with Crippen molar-refractivity contribution in [3.8, 4) is 0 Å². The van der Waals surface area contributed by atoms with Crippen molar-refractivity contribution in [1.82, 2.24) is 15.3 Å². The second-order valence-electron chi connectivity index (χ2n) is 5.45. The van der Waals surface area contributed by atoms with Gasteiger partial charge in [0.05, 0.1) is 5.56 Å². The quantitative estimate of drug-likeness (QED) is 0.825. The molecule has 1 aliphatic rings. The minimum Gasteiger partial charge on any atom is -0.383 e. The molecule has 0 amide bonds. The summed E-state index contributed by atoms with van der Waals surface area (Å²) in [5, 5.41) is 3.39. The Bertz CT molecular complexity index is 688. The van der Waals surface area contributed by atoms with Gasteiger partial charge in [-0.25, -0.2) is 9.97 Å².